The second kappa shape index (κ2) is 8.95. The minimum Gasteiger partial charge on any atom is -0.340 e. The molecule has 1 aliphatic rings. The maximum absolute atomic E-state index is 13.6. The van der Waals surface area contributed by atoms with Gasteiger partial charge in [-0.2, -0.15) is 0 Å². The fourth-order valence-electron chi connectivity index (χ4n) is 4.04. The Morgan fingerprint density at radius 1 is 0.933 bits per heavy atom. The van der Waals surface area contributed by atoms with Gasteiger partial charge in [0, 0.05) is 12.2 Å². The van der Waals surface area contributed by atoms with Gasteiger partial charge in [-0.3, -0.25) is 9.59 Å². The molecule has 0 aromatic heterocycles. The molecule has 1 aliphatic heterocycles. The number of amides is 2. The third kappa shape index (κ3) is 4.28. The Hall–Kier alpha value is -3.40. The number of anilines is 1. The minimum atomic E-state index is -0.714. The molecule has 1 N–H and O–H groups in total. The van der Waals surface area contributed by atoms with E-state index in [1.165, 1.54) is 5.56 Å². The highest BCUT2D eigenvalue weighted by atomic mass is 16.2. The van der Waals surface area contributed by atoms with Gasteiger partial charge in [-0.05, 0) is 48.1 Å². The highest BCUT2D eigenvalue weighted by Gasteiger charge is 2.30. The summed E-state index contributed by atoms with van der Waals surface area (Å²) in [6.07, 6.45) is 2.14. The van der Waals surface area contributed by atoms with Crippen molar-refractivity contribution >= 4 is 17.5 Å². The molecule has 0 radical (unpaired) electrons. The van der Waals surface area contributed by atoms with Gasteiger partial charge in [0.05, 0.1) is 6.42 Å². The van der Waals surface area contributed by atoms with E-state index < -0.39 is 6.04 Å². The van der Waals surface area contributed by atoms with Crippen molar-refractivity contribution in [3.05, 3.63) is 101 Å². The molecule has 3 aromatic rings. The summed E-state index contributed by atoms with van der Waals surface area (Å²) in [7, 11) is 0. The molecule has 0 saturated carbocycles. The topological polar surface area (TPSA) is 49.4 Å². The average Bonchev–Trinajstić information content (AvgIpc) is 2.79. The quantitative estimate of drug-likeness (QED) is 0.694. The second-order valence-electron chi connectivity index (χ2n) is 7.74. The summed E-state index contributed by atoms with van der Waals surface area (Å²) in [5.41, 5.74) is 4.96. The lowest BCUT2D eigenvalue weighted by Gasteiger charge is -2.32. The highest BCUT2D eigenvalue weighted by molar-refractivity contribution is 6.00. The lowest BCUT2D eigenvalue weighted by Crippen LogP contribution is -2.45. The lowest BCUT2D eigenvalue weighted by molar-refractivity contribution is -0.127. The van der Waals surface area contributed by atoms with E-state index in [0.717, 1.165) is 35.2 Å². The molecule has 152 valence electrons. The number of benzene rings is 3. The molecule has 4 heteroatoms. The van der Waals surface area contributed by atoms with Crippen LogP contribution in [0, 0.1) is 6.92 Å². The third-order valence-electron chi connectivity index (χ3n) is 5.67. The first-order valence-electron chi connectivity index (χ1n) is 10.4. The third-order valence-corrected chi connectivity index (χ3v) is 5.67. The summed E-state index contributed by atoms with van der Waals surface area (Å²) >= 11 is 0. The zero-order chi connectivity index (χ0) is 20.9. The second-order valence-corrected chi connectivity index (χ2v) is 7.74. The van der Waals surface area contributed by atoms with E-state index in [4.69, 9.17) is 0 Å². The van der Waals surface area contributed by atoms with Gasteiger partial charge in [0.25, 0.3) is 5.91 Å². The fraction of sp³-hybridized carbons (Fsp3) is 0.231. The van der Waals surface area contributed by atoms with Crippen LogP contribution in [0.3, 0.4) is 0 Å². The van der Waals surface area contributed by atoms with Crippen LogP contribution in [-0.4, -0.2) is 18.4 Å². The molecule has 0 saturated heterocycles. The predicted molar refractivity (Wildman–Crippen MR) is 119 cm³/mol. The van der Waals surface area contributed by atoms with Gasteiger partial charge in [0.2, 0.25) is 5.91 Å². The van der Waals surface area contributed by atoms with Gasteiger partial charge >= 0.3 is 0 Å². The summed E-state index contributed by atoms with van der Waals surface area (Å²) < 4.78 is 0. The van der Waals surface area contributed by atoms with E-state index in [1.54, 1.807) is 0 Å². The van der Waals surface area contributed by atoms with E-state index in [-0.39, 0.29) is 18.2 Å². The van der Waals surface area contributed by atoms with Crippen molar-refractivity contribution < 1.29 is 9.59 Å². The molecule has 3 aromatic carbocycles. The van der Waals surface area contributed by atoms with Crippen LogP contribution in [-0.2, 0) is 22.4 Å². The summed E-state index contributed by atoms with van der Waals surface area (Å²) in [4.78, 5) is 28.4. The Balaban J connectivity index is 1.60. The van der Waals surface area contributed by atoms with Crippen molar-refractivity contribution in [1.29, 1.82) is 0 Å². The first-order chi connectivity index (χ1) is 14.6. The molecule has 30 heavy (non-hydrogen) atoms. The van der Waals surface area contributed by atoms with Crippen molar-refractivity contribution in [1.82, 2.24) is 5.32 Å². The number of carbonyl (C=O) groups is 2. The molecule has 1 heterocycles. The van der Waals surface area contributed by atoms with E-state index >= 15 is 0 Å². The summed E-state index contributed by atoms with van der Waals surface area (Å²) in [5, 5.41) is 3.01. The van der Waals surface area contributed by atoms with Crippen molar-refractivity contribution in [2.45, 2.75) is 32.2 Å². The standard InChI is InChI=1S/C26H26N2O2/c1-19-10-5-6-14-22(19)18-24(29)27-25(21-12-3-2-4-13-21)26(30)28-17-9-15-20-11-7-8-16-23(20)28/h2-8,10-14,16,25H,9,15,17-18H2,1H3,(H,27,29)/t25-/m0/s1. The summed E-state index contributed by atoms with van der Waals surface area (Å²) in [6.45, 7) is 2.65. The van der Waals surface area contributed by atoms with Crippen LogP contribution >= 0.6 is 0 Å². The number of fused-ring (bicyclic) bond motifs is 1. The van der Waals surface area contributed by atoms with Crippen LogP contribution in [0.4, 0.5) is 5.69 Å². The fourth-order valence-corrected chi connectivity index (χ4v) is 4.04. The Labute approximate surface area is 177 Å². The predicted octanol–water partition coefficient (Wildman–Crippen LogP) is 4.37. The zero-order valence-corrected chi connectivity index (χ0v) is 17.2. The van der Waals surface area contributed by atoms with Gasteiger partial charge in [0.15, 0.2) is 0 Å². The Kier molecular flexibility index (Phi) is 5.94. The monoisotopic (exact) mass is 398 g/mol. The van der Waals surface area contributed by atoms with Crippen LogP contribution in [0.1, 0.15) is 34.7 Å². The van der Waals surface area contributed by atoms with Crippen LogP contribution in [0.2, 0.25) is 0 Å². The van der Waals surface area contributed by atoms with Crippen molar-refractivity contribution in [3.63, 3.8) is 0 Å². The largest absolute Gasteiger partial charge is 0.340 e. The minimum absolute atomic E-state index is 0.0912. The van der Waals surface area contributed by atoms with Gasteiger partial charge in [-0.1, -0.05) is 72.8 Å². The highest BCUT2D eigenvalue weighted by Crippen LogP contribution is 2.29. The first kappa shape index (κ1) is 19.9. The van der Waals surface area contributed by atoms with Gasteiger partial charge in [0.1, 0.15) is 6.04 Å². The number of carbonyl (C=O) groups excluding carboxylic acids is 2. The Morgan fingerprint density at radius 2 is 1.63 bits per heavy atom. The molecule has 4 nitrogen and oxygen atoms in total. The van der Waals surface area contributed by atoms with E-state index in [0.29, 0.717) is 6.54 Å². The van der Waals surface area contributed by atoms with Gasteiger partial charge in [-0.25, -0.2) is 0 Å². The van der Waals surface area contributed by atoms with E-state index in [9.17, 15) is 9.59 Å². The molecule has 0 unspecified atom stereocenters. The SMILES string of the molecule is Cc1ccccc1CC(=O)N[C@H](C(=O)N1CCCc2ccccc21)c1ccccc1. The molecule has 0 bridgehead atoms. The van der Waals surface area contributed by atoms with Crippen molar-refractivity contribution in [3.8, 4) is 0 Å². The number of nitrogens with zero attached hydrogens (tertiary/aromatic N) is 1. The van der Waals surface area contributed by atoms with Crippen LogP contribution in [0.15, 0.2) is 78.9 Å². The van der Waals surface area contributed by atoms with Gasteiger partial charge in [-0.15, -0.1) is 0 Å². The molecular formula is C26H26N2O2. The number of hydrogen-bond acceptors (Lipinski definition) is 2. The van der Waals surface area contributed by atoms with Crippen LogP contribution < -0.4 is 10.2 Å². The van der Waals surface area contributed by atoms with Gasteiger partial charge < -0.3 is 10.2 Å². The molecule has 2 amide bonds. The molecular weight excluding hydrogens is 372 g/mol. The van der Waals surface area contributed by atoms with Crippen molar-refractivity contribution in [2.75, 3.05) is 11.4 Å². The smallest absolute Gasteiger partial charge is 0.254 e. The number of rotatable bonds is 5. The number of para-hydroxylation sites is 1. The zero-order valence-electron chi connectivity index (χ0n) is 17.2. The molecule has 0 fully saturated rings. The Morgan fingerprint density at radius 3 is 2.43 bits per heavy atom. The normalized spacial score (nSPS) is 14.0. The molecule has 1 atom stereocenters. The maximum atomic E-state index is 13.6. The molecule has 0 spiro atoms. The molecule has 4 rings (SSSR count). The number of aryl methyl sites for hydroxylation is 2. The van der Waals surface area contributed by atoms with Crippen LogP contribution in [0.25, 0.3) is 0 Å². The number of nitrogens with one attached hydrogen (secondary N) is 1. The summed E-state index contributed by atoms with van der Waals surface area (Å²) in [6, 6.07) is 24.6. The van der Waals surface area contributed by atoms with Crippen LogP contribution in [0.5, 0.6) is 0 Å². The molecule has 0 aliphatic carbocycles. The Bertz CT molecular complexity index is 1050. The first-order valence-corrected chi connectivity index (χ1v) is 10.4. The average molecular weight is 399 g/mol. The van der Waals surface area contributed by atoms with E-state index in [1.807, 2.05) is 84.6 Å². The summed E-state index contributed by atoms with van der Waals surface area (Å²) in [5.74, 6) is -0.247. The maximum Gasteiger partial charge on any atom is 0.254 e. The van der Waals surface area contributed by atoms with Crippen molar-refractivity contribution in [2.24, 2.45) is 0 Å². The van der Waals surface area contributed by atoms with E-state index in [2.05, 4.69) is 11.4 Å². The lowest BCUT2D eigenvalue weighted by atomic mass is 9.98. The number of hydrogen-bond donors (Lipinski definition) is 1.